The third kappa shape index (κ3) is 4.96. The molecule has 0 bridgehead atoms. The van der Waals surface area contributed by atoms with Gasteiger partial charge in [0.2, 0.25) is 5.91 Å². The van der Waals surface area contributed by atoms with Gasteiger partial charge in [-0.1, -0.05) is 13.0 Å². The zero-order valence-electron chi connectivity index (χ0n) is 13.5. The summed E-state index contributed by atoms with van der Waals surface area (Å²) in [6, 6.07) is 0. The zero-order valence-corrected chi connectivity index (χ0v) is 13.5. The minimum atomic E-state index is 0.0827. The first-order chi connectivity index (χ1) is 10.7. The summed E-state index contributed by atoms with van der Waals surface area (Å²) in [7, 11) is 0. The number of piperazine rings is 1. The summed E-state index contributed by atoms with van der Waals surface area (Å²) in [5.41, 5.74) is 0. The maximum atomic E-state index is 11.7. The van der Waals surface area contributed by atoms with Crippen LogP contribution in [-0.4, -0.2) is 71.1 Å². The molecule has 0 radical (unpaired) electrons. The van der Waals surface area contributed by atoms with Crippen molar-refractivity contribution in [3.05, 3.63) is 30.9 Å². The molecule has 0 unspecified atom stereocenters. The van der Waals surface area contributed by atoms with E-state index >= 15 is 0 Å². The fraction of sp³-hybridized carbons (Fsp3) is 0.625. The van der Waals surface area contributed by atoms with Gasteiger partial charge in [0, 0.05) is 64.6 Å². The first kappa shape index (κ1) is 16.7. The van der Waals surface area contributed by atoms with Crippen molar-refractivity contribution in [3.8, 4) is 0 Å². The lowest BCUT2D eigenvalue weighted by molar-refractivity contribution is -0.122. The number of aromatic nitrogens is 2. The molecule has 0 saturated carbocycles. The predicted molar refractivity (Wildman–Crippen MR) is 87.7 cm³/mol. The van der Waals surface area contributed by atoms with Crippen LogP contribution in [0.1, 0.15) is 12.7 Å². The molecule has 1 aliphatic rings. The molecular weight excluding hydrogens is 278 g/mol. The second kappa shape index (κ2) is 8.70. The van der Waals surface area contributed by atoms with Crippen LogP contribution < -0.4 is 5.32 Å². The van der Waals surface area contributed by atoms with Gasteiger partial charge in [-0.15, -0.1) is 6.58 Å². The van der Waals surface area contributed by atoms with E-state index in [4.69, 9.17) is 0 Å². The summed E-state index contributed by atoms with van der Waals surface area (Å²) >= 11 is 0. The van der Waals surface area contributed by atoms with Crippen molar-refractivity contribution in [2.24, 2.45) is 0 Å². The summed E-state index contributed by atoms with van der Waals surface area (Å²) in [6.45, 7) is 12.7. The van der Waals surface area contributed by atoms with E-state index in [-0.39, 0.29) is 5.91 Å². The van der Waals surface area contributed by atoms with Gasteiger partial charge < -0.3 is 9.88 Å². The summed E-state index contributed by atoms with van der Waals surface area (Å²) in [4.78, 5) is 20.7. The van der Waals surface area contributed by atoms with Crippen molar-refractivity contribution in [1.82, 2.24) is 24.7 Å². The van der Waals surface area contributed by atoms with E-state index in [1.165, 1.54) is 0 Å². The monoisotopic (exact) mass is 305 g/mol. The van der Waals surface area contributed by atoms with Gasteiger partial charge in [-0.05, 0) is 0 Å². The number of nitrogens with one attached hydrogen (secondary N) is 1. The molecular formula is C16H27N5O. The van der Waals surface area contributed by atoms with Gasteiger partial charge in [0.25, 0.3) is 0 Å². The molecule has 2 rings (SSSR count). The van der Waals surface area contributed by atoms with Crippen LogP contribution in [0.15, 0.2) is 25.0 Å². The number of nitrogens with zero attached hydrogens (tertiary/aromatic N) is 4. The Hall–Kier alpha value is -1.66. The van der Waals surface area contributed by atoms with E-state index < -0.39 is 0 Å². The van der Waals surface area contributed by atoms with Crippen molar-refractivity contribution in [3.63, 3.8) is 0 Å². The number of aryl methyl sites for hydroxylation is 1. The highest BCUT2D eigenvalue weighted by Crippen LogP contribution is 2.04. The Labute approximate surface area is 132 Å². The molecule has 0 aromatic carbocycles. The minimum absolute atomic E-state index is 0.0827. The largest absolute Gasteiger partial charge is 0.352 e. The Morgan fingerprint density at radius 2 is 2.05 bits per heavy atom. The molecule has 0 atom stereocenters. The van der Waals surface area contributed by atoms with E-state index in [1.807, 2.05) is 6.20 Å². The normalized spacial score (nSPS) is 16.6. The molecule has 0 aliphatic carbocycles. The fourth-order valence-electron chi connectivity index (χ4n) is 2.72. The maximum Gasteiger partial charge on any atom is 0.234 e. The van der Waals surface area contributed by atoms with E-state index in [0.717, 1.165) is 51.5 Å². The van der Waals surface area contributed by atoms with Crippen LogP contribution in [0.3, 0.4) is 0 Å². The molecule has 6 heteroatoms. The second-order valence-electron chi connectivity index (χ2n) is 5.60. The molecule has 1 saturated heterocycles. The Morgan fingerprint density at radius 3 is 2.73 bits per heavy atom. The van der Waals surface area contributed by atoms with E-state index in [1.54, 1.807) is 6.08 Å². The van der Waals surface area contributed by atoms with Crippen LogP contribution in [-0.2, 0) is 17.8 Å². The zero-order chi connectivity index (χ0) is 15.8. The summed E-state index contributed by atoms with van der Waals surface area (Å²) < 4.78 is 2.23. The highest BCUT2D eigenvalue weighted by Gasteiger charge is 2.18. The molecule has 1 aliphatic heterocycles. The molecule has 2 heterocycles. The highest BCUT2D eigenvalue weighted by molar-refractivity contribution is 5.78. The molecule has 6 nitrogen and oxygen atoms in total. The van der Waals surface area contributed by atoms with Gasteiger partial charge >= 0.3 is 0 Å². The molecule has 1 aromatic heterocycles. The Balaban J connectivity index is 1.67. The van der Waals surface area contributed by atoms with Crippen LogP contribution in [0.25, 0.3) is 0 Å². The summed E-state index contributed by atoms with van der Waals surface area (Å²) in [5.74, 6) is 1.23. The predicted octanol–water partition coefficient (Wildman–Crippen LogP) is 0.365. The lowest BCUT2D eigenvalue weighted by Gasteiger charge is -2.34. The first-order valence-electron chi connectivity index (χ1n) is 8.05. The molecule has 1 fully saturated rings. The number of imidazole rings is 1. The topological polar surface area (TPSA) is 53.4 Å². The number of carbonyl (C=O) groups excluding carboxylic acids is 1. The molecule has 1 amide bonds. The van der Waals surface area contributed by atoms with Crippen molar-refractivity contribution in [2.75, 3.05) is 45.8 Å². The van der Waals surface area contributed by atoms with Gasteiger partial charge in [0.15, 0.2) is 0 Å². The first-order valence-corrected chi connectivity index (χ1v) is 8.05. The van der Waals surface area contributed by atoms with Crippen LogP contribution in [0.5, 0.6) is 0 Å². The number of hydrogen-bond donors (Lipinski definition) is 1. The summed E-state index contributed by atoms with van der Waals surface area (Å²) in [6.07, 6.45) is 6.61. The Morgan fingerprint density at radius 1 is 1.32 bits per heavy atom. The van der Waals surface area contributed by atoms with E-state index in [2.05, 4.69) is 44.4 Å². The average molecular weight is 305 g/mol. The average Bonchev–Trinajstić information content (AvgIpc) is 3.00. The fourth-order valence-corrected chi connectivity index (χ4v) is 2.72. The number of carbonyl (C=O) groups is 1. The van der Waals surface area contributed by atoms with E-state index in [9.17, 15) is 4.79 Å². The lowest BCUT2D eigenvalue weighted by Crippen LogP contribution is -2.50. The second-order valence-corrected chi connectivity index (χ2v) is 5.60. The number of rotatable bonds is 8. The molecule has 1 aromatic rings. The van der Waals surface area contributed by atoms with Gasteiger partial charge in [-0.2, -0.15) is 0 Å². The Kier molecular flexibility index (Phi) is 6.61. The Bertz CT molecular complexity index is 477. The minimum Gasteiger partial charge on any atom is -0.352 e. The van der Waals surface area contributed by atoms with Gasteiger partial charge in [0.1, 0.15) is 5.82 Å². The molecule has 0 spiro atoms. The van der Waals surface area contributed by atoms with Crippen LogP contribution in [0, 0.1) is 0 Å². The van der Waals surface area contributed by atoms with Gasteiger partial charge in [0.05, 0.1) is 6.54 Å². The quantitative estimate of drug-likeness (QED) is 0.705. The lowest BCUT2D eigenvalue weighted by atomic mass is 10.3. The van der Waals surface area contributed by atoms with Crippen molar-refractivity contribution in [1.29, 1.82) is 0 Å². The van der Waals surface area contributed by atoms with Crippen molar-refractivity contribution < 1.29 is 4.79 Å². The summed E-state index contributed by atoms with van der Waals surface area (Å²) in [5, 5.41) is 2.82. The van der Waals surface area contributed by atoms with Crippen molar-refractivity contribution >= 4 is 5.91 Å². The third-order valence-electron chi connectivity index (χ3n) is 4.05. The highest BCUT2D eigenvalue weighted by atomic mass is 16.2. The van der Waals surface area contributed by atoms with Crippen LogP contribution in [0.2, 0.25) is 0 Å². The standard InChI is InChI=1S/C16H27N5O/c1-3-5-18-16(22)14-20-10-8-19(9-11-20)12-13-21-7-6-17-15(21)4-2/h3,6-7H,1,4-5,8-14H2,2H3,(H,18,22). The van der Waals surface area contributed by atoms with Crippen molar-refractivity contribution in [2.45, 2.75) is 19.9 Å². The smallest absolute Gasteiger partial charge is 0.234 e. The van der Waals surface area contributed by atoms with E-state index in [0.29, 0.717) is 13.1 Å². The number of amides is 1. The van der Waals surface area contributed by atoms with Crippen LogP contribution >= 0.6 is 0 Å². The number of hydrogen-bond acceptors (Lipinski definition) is 4. The molecule has 122 valence electrons. The molecule has 1 N–H and O–H groups in total. The van der Waals surface area contributed by atoms with Gasteiger partial charge in [-0.25, -0.2) is 4.98 Å². The SMILES string of the molecule is C=CCNC(=O)CN1CCN(CCn2ccnc2CC)CC1. The third-order valence-corrected chi connectivity index (χ3v) is 4.05. The molecule has 22 heavy (non-hydrogen) atoms. The maximum absolute atomic E-state index is 11.7. The van der Waals surface area contributed by atoms with Gasteiger partial charge in [-0.3, -0.25) is 14.6 Å². The van der Waals surface area contributed by atoms with Crippen LogP contribution in [0.4, 0.5) is 0 Å².